The Morgan fingerprint density at radius 2 is 1.81 bits per heavy atom. The Morgan fingerprint density at radius 3 is 2.54 bits per heavy atom. The van der Waals surface area contributed by atoms with Gasteiger partial charge in [-0.2, -0.15) is 0 Å². The smallest absolute Gasteiger partial charge is 0.338 e. The number of hydrogen-bond donors (Lipinski definition) is 4. The van der Waals surface area contributed by atoms with Crippen LogP contribution in [0.25, 0.3) is 10.9 Å². The molecule has 1 amide bonds. The van der Waals surface area contributed by atoms with E-state index in [2.05, 4.69) is 10.3 Å². The fraction of sp³-hybridized carbons (Fsp3) is 0.179. The monoisotopic (exact) mass is 502 g/mol. The number of aliphatic hydroxyl groups is 1. The second-order valence-electron chi connectivity index (χ2n) is 8.24. The Hall–Kier alpha value is -4.63. The van der Waals surface area contributed by atoms with Crippen LogP contribution < -0.4 is 10.1 Å². The molecule has 0 spiro atoms. The number of esters is 1. The number of carbonyl (C=O) groups is 2. The van der Waals surface area contributed by atoms with Gasteiger partial charge in [0.2, 0.25) is 0 Å². The van der Waals surface area contributed by atoms with Crippen molar-refractivity contribution in [3.05, 3.63) is 89.6 Å². The van der Waals surface area contributed by atoms with Crippen molar-refractivity contribution in [3.8, 4) is 23.0 Å². The van der Waals surface area contributed by atoms with E-state index in [-0.39, 0.29) is 18.8 Å². The first-order valence-electron chi connectivity index (χ1n) is 11.6. The van der Waals surface area contributed by atoms with Crippen LogP contribution in [0, 0.1) is 0 Å². The van der Waals surface area contributed by atoms with E-state index < -0.39 is 29.4 Å². The molecule has 0 fully saturated rings. The van der Waals surface area contributed by atoms with Gasteiger partial charge in [0, 0.05) is 11.6 Å². The summed E-state index contributed by atoms with van der Waals surface area (Å²) in [5.41, 5.74) is 1.76. The van der Waals surface area contributed by atoms with E-state index in [0.29, 0.717) is 29.0 Å². The van der Waals surface area contributed by atoms with Crippen LogP contribution >= 0.6 is 0 Å². The zero-order chi connectivity index (χ0) is 26.4. The fourth-order valence-corrected chi connectivity index (χ4v) is 3.80. The van der Waals surface area contributed by atoms with E-state index in [9.17, 15) is 24.9 Å². The van der Waals surface area contributed by atoms with Gasteiger partial charge < -0.3 is 30.1 Å². The van der Waals surface area contributed by atoms with Gasteiger partial charge in [-0.3, -0.25) is 9.78 Å². The number of nitrogens with zero attached hydrogens (tertiary/aromatic N) is 1. The average molecular weight is 503 g/mol. The molecule has 4 N–H and O–H groups in total. The number of pyridine rings is 1. The van der Waals surface area contributed by atoms with Crippen LogP contribution in [0.3, 0.4) is 0 Å². The summed E-state index contributed by atoms with van der Waals surface area (Å²) >= 11 is 0. The van der Waals surface area contributed by atoms with Crippen LogP contribution in [0.1, 0.15) is 33.2 Å². The van der Waals surface area contributed by atoms with E-state index in [1.54, 1.807) is 49.5 Å². The van der Waals surface area contributed by atoms with Gasteiger partial charge in [0.05, 0.1) is 35.9 Å². The molecule has 37 heavy (non-hydrogen) atoms. The predicted molar refractivity (Wildman–Crippen MR) is 136 cm³/mol. The molecule has 0 aliphatic carbocycles. The number of phenolic OH excluding ortho intramolecular Hbond substituents is 2. The van der Waals surface area contributed by atoms with Crippen molar-refractivity contribution < 1.29 is 34.4 Å². The minimum Gasteiger partial charge on any atom is -0.504 e. The molecule has 9 heteroatoms. The number of phenols is 2. The number of aromatic hydroxyl groups is 2. The first-order chi connectivity index (χ1) is 17.9. The van der Waals surface area contributed by atoms with Crippen LogP contribution in [0.15, 0.2) is 72.9 Å². The Balaban J connectivity index is 1.44. The summed E-state index contributed by atoms with van der Waals surface area (Å²) < 4.78 is 11.1. The summed E-state index contributed by atoms with van der Waals surface area (Å²) in [5, 5.41) is 32.7. The summed E-state index contributed by atoms with van der Waals surface area (Å²) in [7, 11) is 0. The number of ether oxygens (including phenoxy) is 2. The van der Waals surface area contributed by atoms with E-state index in [1.807, 2.05) is 12.1 Å². The van der Waals surface area contributed by atoms with Gasteiger partial charge in [0.25, 0.3) is 5.91 Å². The number of hydrogen-bond acceptors (Lipinski definition) is 8. The van der Waals surface area contributed by atoms with Crippen molar-refractivity contribution in [1.82, 2.24) is 10.3 Å². The topological polar surface area (TPSA) is 138 Å². The van der Waals surface area contributed by atoms with Gasteiger partial charge >= 0.3 is 5.97 Å². The number of rotatable bonds is 9. The molecule has 4 aromatic rings. The zero-order valence-electron chi connectivity index (χ0n) is 20.0. The number of carbonyl (C=O) groups excluding carboxylic acids is 2. The molecule has 1 aromatic heterocycles. The molecule has 0 unspecified atom stereocenters. The molecule has 0 radical (unpaired) electrons. The van der Waals surface area contributed by atoms with Crippen LogP contribution in [0.4, 0.5) is 0 Å². The standard InChI is InChI=1S/C28H26N2O7/c1-2-36-28(35)18-8-11-21-23(15-18)29-13-12-25(21)37-20-9-6-17(7-10-20)14-19(16-31)30-27(34)22-4-3-5-24(32)26(22)33/h3-13,15,19,31-33H,2,14,16H2,1H3,(H,30,34)/t19-/m0/s1. The number of amides is 1. The third-order valence-electron chi connectivity index (χ3n) is 5.66. The summed E-state index contributed by atoms with van der Waals surface area (Å²) in [6.07, 6.45) is 1.93. The summed E-state index contributed by atoms with van der Waals surface area (Å²) in [4.78, 5) is 28.8. The molecule has 0 aliphatic rings. The molecular weight excluding hydrogens is 476 g/mol. The lowest BCUT2D eigenvalue weighted by Gasteiger charge is -2.17. The molecule has 0 saturated carbocycles. The lowest BCUT2D eigenvalue weighted by Crippen LogP contribution is -2.39. The molecule has 0 bridgehead atoms. The summed E-state index contributed by atoms with van der Waals surface area (Å²) in [5.74, 6) is -0.795. The van der Waals surface area contributed by atoms with Crippen molar-refractivity contribution in [1.29, 1.82) is 0 Å². The summed E-state index contributed by atoms with van der Waals surface area (Å²) in [6.45, 7) is 1.72. The number of aliphatic hydroxyl groups excluding tert-OH is 1. The van der Waals surface area contributed by atoms with E-state index >= 15 is 0 Å². The van der Waals surface area contributed by atoms with E-state index in [1.165, 1.54) is 18.2 Å². The SMILES string of the molecule is CCOC(=O)c1ccc2c(Oc3ccc(C[C@@H](CO)NC(=O)c4cccc(O)c4O)cc3)ccnc2c1. The van der Waals surface area contributed by atoms with Crippen molar-refractivity contribution in [2.24, 2.45) is 0 Å². The first kappa shape index (κ1) is 25.5. The second-order valence-corrected chi connectivity index (χ2v) is 8.24. The van der Waals surface area contributed by atoms with Crippen LogP contribution in [0.2, 0.25) is 0 Å². The van der Waals surface area contributed by atoms with Crippen molar-refractivity contribution in [2.45, 2.75) is 19.4 Å². The summed E-state index contributed by atoms with van der Waals surface area (Å²) in [6, 6.07) is 17.5. The number of fused-ring (bicyclic) bond motifs is 1. The average Bonchev–Trinajstić information content (AvgIpc) is 2.90. The van der Waals surface area contributed by atoms with E-state index in [0.717, 1.165) is 10.9 Å². The molecule has 0 saturated heterocycles. The fourth-order valence-electron chi connectivity index (χ4n) is 3.80. The van der Waals surface area contributed by atoms with Crippen LogP contribution in [0.5, 0.6) is 23.0 Å². The van der Waals surface area contributed by atoms with Crippen molar-refractivity contribution in [2.75, 3.05) is 13.2 Å². The Labute approximate surface area is 212 Å². The van der Waals surface area contributed by atoms with Crippen LogP contribution in [-0.4, -0.2) is 51.4 Å². The lowest BCUT2D eigenvalue weighted by atomic mass is 10.1. The normalized spacial score (nSPS) is 11.6. The highest BCUT2D eigenvalue weighted by atomic mass is 16.5. The minimum absolute atomic E-state index is 0.0823. The number of benzene rings is 3. The largest absolute Gasteiger partial charge is 0.504 e. The molecule has 9 nitrogen and oxygen atoms in total. The van der Waals surface area contributed by atoms with Gasteiger partial charge in [-0.15, -0.1) is 0 Å². The second kappa shape index (κ2) is 11.4. The van der Waals surface area contributed by atoms with Gasteiger partial charge in [-0.1, -0.05) is 18.2 Å². The highest BCUT2D eigenvalue weighted by Crippen LogP contribution is 2.30. The maximum atomic E-state index is 12.5. The molecule has 1 heterocycles. The van der Waals surface area contributed by atoms with Crippen molar-refractivity contribution in [3.63, 3.8) is 0 Å². The third-order valence-corrected chi connectivity index (χ3v) is 5.66. The maximum absolute atomic E-state index is 12.5. The third kappa shape index (κ3) is 5.96. The molecule has 190 valence electrons. The van der Waals surface area contributed by atoms with Crippen molar-refractivity contribution >= 4 is 22.8 Å². The van der Waals surface area contributed by atoms with Gasteiger partial charge in [0.15, 0.2) is 11.5 Å². The maximum Gasteiger partial charge on any atom is 0.338 e. The van der Waals surface area contributed by atoms with Crippen LogP contribution in [-0.2, 0) is 11.2 Å². The number of para-hydroxylation sites is 1. The Bertz CT molecular complexity index is 1420. The molecule has 0 aliphatic heterocycles. The highest BCUT2D eigenvalue weighted by molar-refractivity contribution is 5.98. The van der Waals surface area contributed by atoms with Gasteiger partial charge in [0.1, 0.15) is 11.5 Å². The van der Waals surface area contributed by atoms with Gasteiger partial charge in [-0.05, 0) is 67.4 Å². The number of aromatic nitrogens is 1. The molecule has 3 aromatic carbocycles. The van der Waals surface area contributed by atoms with Gasteiger partial charge in [-0.25, -0.2) is 4.79 Å². The highest BCUT2D eigenvalue weighted by Gasteiger charge is 2.18. The quantitative estimate of drug-likeness (QED) is 0.199. The predicted octanol–water partition coefficient (Wildman–Crippen LogP) is 3.95. The Morgan fingerprint density at radius 1 is 1.03 bits per heavy atom. The molecule has 1 atom stereocenters. The lowest BCUT2D eigenvalue weighted by molar-refractivity contribution is 0.0526. The molecular formula is C28H26N2O7. The number of nitrogens with one attached hydrogen (secondary N) is 1. The molecule has 4 rings (SSSR count). The Kier molecular flexibility index (Phi) is 7.85. The first-order valence-corrected chi connectivity index (χ1v) is 11.6. The minimum atomic E-state index is -0.612. The van der Waals surface area contributed by atoms with E-state index in [4.69, 9.17) is 9.47 Å². The zero-order valence-corrected chi connectivity index (χ0v) is 20.0.